The van der Waals surface area contributed by atoms with Crippen molar-refractivity contribution in [2.24, 2.45) is 0 Å². The first-order chi connectivity index (χ1) is 8.48. The lowest BCUT2D eigenvalue weighted by Gasteiger charge is -2.42. The number of morpholine rings is 1. The van der Waals surface area contributed by atoms with Crippen LogP contribution < -0.4 is 5.73 Å². The van der Waals surface area contributed by atoms with Crippen LogP contribution in [0, 0.1) is 0 Å². The molecule has 1 aromatic rings. The molecule has 6 nitrogen and oxygen atoms in total. The number of rotatable bonds is 3. The minimum atomic E-state index is -0.257. The minimum absolute atomic E-state index is 0.0351. The molecule has 0 aromatic carbocycles. The summed E-state index contributed by atoms with van der Waals surface area (Å²) >= 11 is 0. The molecule has 18 heavy (non-hydrogen) atoms. The highest BCUT2D eigenvalue weighted by Crippen LogP contribution is 2.21. The van der Waals surface area contributed by atoms with E-state index < -0.39 is 0 Å². The Hall–Kier alpha value is -1.24. The third-order valence-electron chi connectivity index (χ3n) is 2.87. The van der Waals surface area contributed by atoms with Crippen molar-refractivity contribution in [3.05, 3.63) is 18.1 Å². The van der Waals surface area contributed by atoms with Crippen LogP contribution in [0.4, 0.5) is 5.82 Å². The summed E-state index contributed by atoms with van der Waals surface area (Å²) in [6, 6.07) is 0. The van der Waals surface area contributed by atoms with Crippen molar-refractivity contribution in [1.82, 2.24) is 14.9 Å². The summed E-state index contributed by atoms with van der Waals surface area (Å²) in [4.78, 5) is 10.5. The van der Waals surface area contributed by atoms with Crippen LogP contribution in [0.3, 0.4) is 0 Å². The first-order valence-electron chi connectivity index (χ1n) is 6.06. The molecular weight excluding hydrogens is 232 g/mol. The fourth-order valence-electron chi connectivity index (χ4n) is 2.31. The minimum Gasteiger partial charge on any atom is -0.394 e. The quantitative estimate of drug-likeness (QED) is 0.789. The Bertz CT molecular complexity index is 394. The Balaban J connectivity index is 2.02. The maximum absolute atomic E-state index is 9.25. The molecule has 0 amide bonds. The van der Waals surface area contributed by atoms with Crippen LogP contribution in [-0.4, -0.2) is 51.4 Å². The fraction of sp³-hybridized carbons (Fsp3) is 0.667. The Morgan fingerprint density at radius 2 is 2.28 bits per heavy atom. The number of nitrogens with two attached hydrogens (primary N) is 1. The second-order valence-corrected chi connectivity index (χ2v) is 5.28. The normalized spacial score (nSPS) is 24.1. The Kier molecular flexibility index (Phi) is 3.79. The van der Waals surface area contributed by atoms with Crippen molar-refractivity contribution < 1.29 is 9.84 Å². The molecule has 3 N–H and O–H groups in total. The topological polar surface area (TPSA) is 84.5 Å². The van der Waals surface area contributed by atoms with Gasteiger partial charge in [0, 0.05) is 19.6 Å². The maximum atomic E-state index is 9.25. The number of nitrogens with zero attached hydrogens (tertiary/aromatic N) is 3. The number of aliphatic hydroxyl groups excluding tert-OH is 1. The van der Waals surface area contributed by atoms with E-state index in [4.69, 9.17) is 10.5 Å². The molecule has 1 aliphatic heterocycles. The predicted octanol–water partition coefficient (Wildman–Crippen LogP) is 0.0305. The van der Waals surface area contributed by atoms with Gasteiger partial charge in [0.25, 0.3) is 0 Å². The van der Waals surface area contributed by atoms with E-state index in [9.17, 15) is 5.11 Å². The van der Waals surface area contributed by atoms with Crippen LogP contribution in [0.15, 0.2) is 12.4 Å². The van der Waals surface area contributed by atoms with Crippen molar-refractivity contribution in [2.45, 2.75) is 32.1 Å². The van der Waals surface area contributed by atoms with Crippen molar-refractivity contribution in [2.75, 3.05) is 25.4 Å². The largest absolute Gasteiger partial charge is 0.394 e. The van der Waals surface area contributed by atoms with E-state index in [0.717, 1.165) is 12.2 Å². The number of hydrogen-bond donors (Lipinski definition) is 2. The predicted molar refractivity (Wildman–Crippen MR) is 67.8 cm³/mol. The summed E-state index contributed by atoms with van der Waals surface area (Å²) < 4.78 is 5.76. The number of hydrogen-bond acceptors (Lipinski definition) is 6. The van der Waals surface area contributed by atoms with Crippen molar-refractivity contribution >= 4 is 5.82 Å². The number of ether oxygens (including phenoxy) is 1. The molecule has 0 radical (unpaired) electrons. The second kappa shape index (κ2) is 5.17. The summed E-state index contributed by atoms with van der Waals surface area (Å²) in [5.41, 5.74) is 6.12. The lowest BCUT2D eigenvalue weighted by Crippen LogP contribution is -2.53. The highest BCUT2D eigenvalue weighted by molar-refractivity contribution is 5.22. The van der Waals surface area contributed by atoms with Gasteiger partial charge in [0.15, 0.2) is 0 Å². The number of nitrogen functional groups attached to an aromatic ring is 1. The Morgan fingerprint density at radius 1 is 1.50 bits per heavy atom. The van der Waals surface area contributed by atoms with E-state index in [1.165, 1.54) is 0 Å². The second-order valence-electron chi connectivity index (χ2n) is 5.28. The molecule has 0 spiro atoms. The molecule has 0 bridgehead atoms. The molecule has 0 aliphatic carbocycles. The van der Waals surface area contributed by atoms with Gasteiger partial charge < -0.3 is 15.6 Å². The average molecular weight is 252 g/mol. The van der Waals surface area contributed by atoms with Gasteiger partial charge in [-0.1, -0.05) is 0 Å². The number of aliphatic hydroxyl groups is 1. The van der Waals surface area contributed by atoms with Crippen LogP contribution in [0.2, 0.25) is 0 Å². The maximum Gasteiger partial charge on any atom is 0.141 e. The van der Waals surface area contributed by atoms with Crippen LogP contribution >= 0.6 is 0 Å². The van der Waals surface area contributed by atoms with Gasteiger partial charge in [0.1, 0.15) is 5.82 Å². The monoisotopic (exact) mass is 252 g/mol. The van der Waals surface area contributed by atoms with E-state index in [2.05, 4.69) is 14.9 Å². The molecule has 2 heterocycles. The third-order valence-corrected chi connectivity index (χ3v) is 2.87. The molecule has 1 atom stereocenters. The molecule has 0 saturated carbocycles. The standard InChI is InChI=1S/C12H20N4O2/c1-12(2)8-16(6-10(7-17)18-12)5-9-3-15-11(13)4-14-9/h3-4,10,17H,5-8H2,1-2H3,(H2,13,15). The highest BCUT2D eigenvalue weighted by Gasteiger charge is 2.33. The van der Waals surface area contributed by atoms with E-state index in [1.54, 1.807) is 12.4 Å². The molecule has 6 heteroatoms. The van der Waals surface area contributed by atoms with E-state index >= 15 is 0 Å². The van der Waals surface area contributed by atoms with E-state index in [-0.39, 0.29) is 18.3 Å². The summed E-state index contributed by atoms with van der Waals surface area (Å²) in [5.74, 6) is 0.425. The van der Waals surface area contributed by atoms with Gasteiger partial charge in [-0.25, -0.2) is 4.98 Å². The fourth-order valence-corrected chi connectivity index (χ4v) is 2.31. The van der Waals surface area contributed by atoms with Crippen molar-refractivity contribution in [3.8, 4) is 0 Å². The van der Waals surface area contributed by atoms with Crippen molar-refractivity contribution in [1.29, 1.82) is 0 Å². The summed E-state index contributed by atoms with van der Waals surface area (Å²) in [6.45, 7) is 6.28. The van der Waals surface area contributed by atoms with Crippen molar-refractivity contribution in [3.63, 3.8) is 0 Å². The smallest absolute Gasteiger partial charge is 0.141 e. The number of aromatic nitrogens is 2. The molecule has 1 fully saturated rings. The van der Waals surface area contributed by atoms with E-state index in [1.807, 2.05) is 13.8 Å². The Labute approximate surface area is 107 Å². The zero-order valence-corrected chi connectivity index (χ0v) is 10.8. The molecule has 2 rings (SSSR count). The van der Waals surface area contributed by atoms with Gasteiger partial charge >= 0.3 is 0 Å². The average Bonchev–Trinajstić information content (AvgIpc) is 2.30. The molecule has 1 aliphatic rings. The van der Waals surface area contributed by atoms with Gasteiger partial charge in [0.2, 0.25) is 0 Å². The summed E-state index contributed by atoms with van der Waals surface area (Å²) in [5, 5.41) is 9.25. The first kappa shape index (κ1) is 13.2. The zero-order valence-electron chi connectivity index (χ0n) is 10.8. The summed E-state index contributed by atoms with van der Waals surface area (Å²) in [6.07, 6.45) is 3.10. The van der Waals surface area contributed by atoms with Gasteiger partial charge in [-0.05, 0) is 13.8 Å². The molecule has 1 saturated heterocycles. The third kappa shape index (κ3) is 3.38. The van der Waals surface area contributed by atoms with Crippen LogP contribution in [0.5, 0.6) is 0 Å². The van der Waals surface area contributed by atoms with Crippen LogP contribution in [0.1, 0.15) is 19.5 Å². The molecule has 1 unspecified atom stereocenters. The van der Waals surface area contributed by atoms with E-state index in [0.29, 0.717) is 18.9 Å². The zero-order chi connectivity index (χ0) is 13.2. The number of anilines is 1. The SMILES string of the molecule is CC1(C)CN(Cc2cnc(N)cn2)CC(CO)O1. The van der Waals surface area contributed by atoms with Crippen LogP contribution in [-0.2, 0) is 11.3 Å². The van der Waals surface area contributed by atoms with Gasteiger partial charge in [-0.15, -0.1) is 0 Å². The molecule has 1 aromatic heterocycles. The molecule has 100 valence electrons. The van der Waals surface area contributed by atoms with Gasteiger partial charge in [-0.2, -0.15) is 0 Å². The lowest BCUT2D eigenvalue weighted by atomic mass is 10.1. The Morgan fingerprint density at radius 3 is 2.89 bits per heavy atom. The highest BCUT2D eigenvalue weighted by atomic mass is 16.5. The summed E-state index contributed by atoms with van der Waals surface area (Å²) in [7, 11) is 0. The van der Waals surface area contributed by atoms with Gasteiger partial charge in [0.05, 0.1) is 36.4 Å². The molecular formula is C12H20N4O2. The van der Waals surface area contributed by atoms with Crippen LogP contribution in [0.25, 0.3) is 0 Å². The lowest BCUT2D eigenvalue weighted by molar-refractivity contribution is -0.150. The van der Waals surface area contributed by atoms with Gasteiger partial charge in [-0.3, -0.25) is 9.88 Å². The first-order valence-corrected chi connectivity index (χ1v) is 6.06.